The van der Waals surface area contributed by atoms with Gasteiger partial charge in [-0.05, 0) is 42.2 Å². The Hall–Kier alpha value is -2.96. The van der Waals surface area contributed by atoms with Gasteiger partial charge in [0.1, 0.15) is 31.0 Å². The second-order valence-electron chi connectivity index (χ2n) is 10.2. The Labute approximate surface area is 221 Å². The summed E-state index contributed by atoms with van der Waals surface area (Å²) >= 11 is 0. The first-order chi connectivity index (χ1) is 17.9. The Balaban J connectivity index is 1.61. The molecule has 0 spiro atoms. The smallest absolute Gasteiger partial charge is 0.330 e. The van der Waals surface area contributed by atoms with E-state index in [2.05, 4.69) is 0 Å². The van der Waals surface area contributed by atoms with Crippen LogP contribution in [0, 0.1) is 11.3 Å². The van der Waals surface area contributed by atoms with Crippen LogP contribution in [0.3, 0.4) is 0 Å². The van der Waals surface area contributed by atoms with Crippen LogP contribution in [0.4, 0.5) is 0 Å². The number of phenols is 1. The molecule has 1 aromatic rings. The molecule has 0 unspecified atom stereocenters. The summed E-state index contributed by atoms with van der Waals surface area (Å²) < 4.78 is 26.8. The lowest BCUT2D eigenvalue weighted by Crippen LogP contribution is -2.59. The number of carbonyl (C=O) groups is 2. The fraction of sp³-hybridized carbons (Fsp3) is 0.556. The molecule has 0 bridgehead atoms. The number of aromatic hydroxyl groups is 1. The number of rotatable bonds is 9. The predicted molar refractivity (Wildman–Crippen MR) is 134 cm³/mol. The van der Waals surface area contributed by atoms with Crippen molar-refractivity contribution in [2.75, 3.05) is 27.4 Å². The zero-order valence-corrected chi connectivity index (χ0v) is 22.1. The van der Waals surface area contributed by atoms with Gasteiger partial charge >= 0.3 is 5.97 Å². The molecule has 1 aromatic carbocycles. The minimum absolute atomic E-state index is 0.0378. The van der Waals surface area contributed by atoms with Crippen LogP contribution in [0.2, 0.25) is 0 Å². The highest BCUT2D eigenvalue weighted by molar-refractivity contribution is 5.92. The number of benzene rings is 1. The number of ether oxygens (including phenoxy) is 5. The molecular weight excluding hydrogens is 500 g/mol. The van der Waals surface area contributed by atoms with Gasteiger partial charge in [0.15, 0.2) is 23.6 Å². The van der Waals surface area contributed by atoms with Crippen molar-refractivity contribution < 1.29 is 53.7 Å². The van der Waals surface area contributed by atoms with Gasteiger partial charge in [-0.2, -0.15) is 0 Å². The number of ketones is 1. The molecule has 0 saturated carbocycles. The van der Waals surface area contributed by atoms with Crippen molar-refractivity contribution in [2.24, 2.45) is 11.3 Å². The van der Waals surface area contributed by atoms with E-state index in [0.717, 1.165) is 11.6 Å². The highest BCUT2D eigenvalue weighted by atomic mass is 16.7. The number of aliphatic hydroxyl groups excluding tert-OH is 3. The first kappa shape index (κ1) is 29.6. The number of aliphatic hydroxyl groups is 3. The second-order valence-corrected chi connectivity index (χ2v) is 10.2. The fourth-order valence-electron chi connectivity index (χ4n) is 4.72. The molecule has 11 heteroatoms. The molecule has 1 aliphatic heterocycles. The van der Waals surface area contributed by atoms with E-state index in [1.165, 1.54) is 32.4 Å². The first-order valence-corrected chi connectivity index (χ1v) is 12.2. The van der Waals surface area contributed by atoms with Gasteiger partial charge in [0.2, 0.25) is 5.75 Å². The molecule has 3 rings (SSSR count). The average Bonchev–Trinajstić information content (AvgIpc) is 2.85. The molecule has 38 heavy (non-hydrogen) atoms. The predicted octanol–water partition coefficient (Wildman–Crippen LogP) is 1.35. The SMILES string of the molecule is COc1cc(C=CC(=O)OC[C@H]2O[C@@H](OC[C@H]3C(C)=CC(=O)CC3(C)C)[C@H](O)[C@@H](O)[C@@H]2O)cc(OC)c1O. The molecule has 6 atom stereocenters. The molecule has 210 valence electrons. The van der Waals surface area contributed by atoms with E-state index in [9.17, 15) is 30.0 Å². The monoisotopic (exact) mass is 536 g/mol. The minimum Gasteiger partial charge on any atom is -0.502 e. The number of phenolic OH excluding ortho intramolecular Hbond substituents is 1. The van der Waals surface area contributed by atoms with Gasteiger partial charge in [0.05, 0.1) is 20.8 Å². The second kappa shape index (κ2) is 12.3. The fourth-order valence-corrected chi connectivity index (χ4v) is 4.72. The van der Waals surface area contributed by atoms with Gasteiger partial charge in [-0.25, -0.2) is 4.79 Å². The van der Waals surface area contributed by atoms with Crippen molar-refractivity contribution in [2.45, 2.75) is 57.9 Å². The van der Waals surface area contributed by atoms with Crippen molar-refractivity contribution in [3.05, 3.63) is 35.4 Å². The standard InChI is InChI=1S/C27H36O11/c1-14-8-16(28)11-27(2,3)17(14)12-37-26-25(33)24(32)23(31)20(38-26)13-36-21(29)7-6-15-9-18(34-4)22(30)19(10-15)35-5/h6-10,17,20,23-26,30-33H,11-13H2,1-5H3/t17-,20+,23+,24-,25+,26+/m0/s1. The molecular formula is C27H36O11. The average molecular weight is 537 g/mol. The maximum atomic E-state index is 12.3. The van der Waals surface area contributed by atoms with Crippen LogP contribution in [0.15, 0.2) is 29.9 Å². The third-order valence-electron chi connectivity index (χ3n) is 6.91. The van der Waals surface area contributed by atoms with Gasteiger partial charge < -0.3 is 44.1 Å². The van der Waals surface area contributed by atoms with E-state index in [1.54, 1.807) is 6.08 Å². The van der Waals surface area contributed by atoms with E-state index in [0.29, 0.717) is 12.0 Å². The normalized spacial score (nSPS) is 29.2. The van der Waals surface area contributed by atoms with E-state index in [1.807, 2.05) is 20.8 Å². The van der Waals surface area contributed by atoms with Crippen molar-refractivity contribution in [3.8, 4) is 17.2 Å². The van der Waals surface area contributed by atoms with Gasteiger partial charge in [0.25, 0.3) is 0 Å². The minimum atomic E-state index is -1.59. The number of carbonyl (C=O) groups excluding carboxylic acids is 2. The Morgan fingerprint density at radius 3 is 2.29 bits per heavy atom. The summed E-state index contributed by atoms with van der Waals surface area (Å²) in [6, 6.07) is 2.99. The molecule has 0 radical (unpaired) electrons. The molecule has 2 aliphatic rings. The van der Waals surface area contributed by atoms with Crippen LogP contribution >= 0.6 is 0 Å². The summed E-state index contributed by atoms with van der Waals surface area (Å²) in [4.78, 5) is 24.2. The van der Waals surface area contributed by atoms with Crippen molar-refractivity contribution in [1.29, 1.82) is 0 Å². The molecule has 1 saturated heterocycles. The number of esters is 1. The molecule has 1 aliphatic carbocycles. The Bertz CT molecular complexity index is 1050. The summed E-state index contributed by atoms with van der Waals surface area (Å²) in [6.45, 7) is 5.43. The lowest BCUT2D eigenvalue weighted by Gasteiger charge is -2.42. The summed E-state index contributed by atoms with van der Waals surface area (Å²) in [5, 5.41) is 41.1. The van der Waals surface area contributed by atoms with E-state index in [4.69, 9.17) is 23.7 Å². The Kier molecular flexibility index (Phi) is 9.55. The third-order valence-corrected chi connectivity index (χ3v) is 6.91. The third kappa shape index (κ3) is 6.72. The van der Waals surface area contributed by atoms with E-state index >= 15 is 0 Å². The van der Waals surface area contributed by atoms with Gasteiger partial charge in [-0.15, -0.1) is 0 Å². The summed E-state index contributed by atoms with van der Waals surface area (Å²) in [7, 11) is 2.76. The van der Waals surface area contributed by atoms with E-state index in [-0.39, 0.29) is 41.0 Å². The maximum absolute atomic E-state index is 12.3. The molecule has 0 aromatic heterocycles. The van der Waals surface area contributed by atoms with Crippen LogP contribution in [-0.4, -0.2) is 90.3 Å². The van der Waals surface area contributed by atoms with Crippen LogP contribution in [0.1, 0.15) is 32.8 Å². The Morgan fingerprint density at radius 1 is 1.08 bits per heavy atom. The first-order valence-electron chi connectivity index (χ1n) is 12.2. The summed E-state index contributed by atoms with van der Waals surface area (Å²) in [6.07, 6.45) is -2.63. The van der Waals surface area contributed by atoms with Crippen LogP contribution < -0.4 is 9.47 Å². The Morgan fingerprint density at radius 2 is 1.71 bits per heavy atom. The summed E-state index contributed by atoms with van der Waals surface area (Å²) in [5.74, 6) is -0.719. The van der Waals surface area contributed by atoms with Crippen molar-refractivity contribution >= 4 is 17.8 Å². The number of allylic oxidation sites excluding steroid dienone is 1. The lowest BCUT2D eigenvalue weighted by molar-refractivity contribution is -0.304. The molecule has 1 fully saturated rings. The van der Waals surface area contributed by atoms with Crippen LogP contribution in [0.25, 0.3) is 6.08 Å². The number of hydrogen-bond acceptors (Lipinski definition) is 11. The van der Waals surface area contributed by atoms with Gasteiger partial charge in [0, 0.05) is 18.4 Å². The zero-order valence-electron chi connectivity index (χ0n) is 22.1. The lowest BCUT2D eigenvalue weighted by atomic mass is 9.68. The molecule has 0 amide bonds. The number of methoxy groups -OCH3 is 2. The quantitative estimate of drug-likeness (QED) is 0.266. The van der Waals surface area contributed by atoms with Crippen LogP contribution in [-0.2, 0) is 23.8 Å². The van der Waals surface area contributed by atoms with Crippen molar-refractivity contribution in [3.63, 3.8) is 0 Å². The maximum Gasteiger partial charge on any atom is 0.330 e. The number of hydrogen-bond donors (Lipinski definition) is 4. The van der Waals surface area contributed by atoms with Gasteiger partial charge in [-0.3, -0.25) is 4.79 Å². The summed E-state index contributed by atoms with van der Waals surface area (Å²) in [5.41, 5.74) is 0.963. The van der Waals surface area contributed by atoms with Crippen molar-refractivity contribution in [1.82, 2.24) is 0 Å². The molecule has 4 N–H and O–H groups in total. The molecule has 11 nitrogen and oxygen atoms in total. The molecule has 1 heterocycles. The zero-order chi connectivity index (χ0) is 28.2. The van der Waals surface area contributed by atoms with Gasteiger partial charge in [-0.1, -0.05) is 19.4 Å². The highest BCUT2D eigenvalue weighted by Gasteiger charge is 2.46. The largest absolute Gasteiger partial charge is 0.502 e. The highest BCUT2D eigenvalue weighted by Crippen LogP contribution is 2.40. The van der Waals surface area contributed by atoms with Crippen LogP contribution in [0.5, 0.6) is 17.2 Å². The van der Waals surface area contributed by atoms with E-state index < -0.39 is 43.3 Å². The topological polar surface area (TPSA) is 161 Å².